The minimum absolute atomic E-state index is 0.0401. The van der Waals surface area contributed by atoms with E-state index in [-0.39, 0.29) is 5.01 Å². The van der Waals surface area contributed by atoms with Crippen molar-refractivity contribution in [2.75, 3.05) is 20.3 Å². The zero-order valence-electron chi connectivity index (χ0n) is 19.8. The number of methoxy groups -OCH3 is 1. The Morgan fingerprint density at radius 1 is 0.872 bits per heavy atom. The number of hydrogen-bond acceptors (Lipinski definition) is 9. The Kier molecular flexibility index (Phi) is 7.99. The highest BCUT2D eigenvalue weighted by molar-refractivity contribution is 9.10. The molecule has 2 aromatic heterocycles. The predicted molar refractivity (Wildman–Crippen MR) is 147 cm³/mol. The lowest BCUT2D eigenvalue weighted by Gasteiger charge is -2.07. The molecule has 0 atom stereocenters. The van der Waals surface area contributed by atoms with Gasteiger partial charge in [-0.1, -0.05) is 0 Å². The number of aromatic nitrogens is 2. The number of carbonyl (C=O) groups excluding carboxylic acids is 1. The number of ether oxygens (including phenoxy) is 3. The van der Waals surface area contributed by atoms with Gasteiger partial charge in [0.25, 0.3) is 0 Å². The average Bonchev–Trinajstić information content (AvgIpc) is 3.45. The van der Waals surface area contributed by atoms with Crippen LogP contribution >= 0.6 is 54.5 Å². The molecule has 2 aromatic carbocycles. The van der Waals surface area contributed by atoms with Gasteiger partial charge < -0.3 is 19.3 Å². The Morgan fingerprint density at radius 2 is 1.33 bits per heavy atom. The molecule has 0 spiro atoms. The predicted octanol–water partition coefficient (Wildman–Crippen LogP) is 6.78. The van der Waals surface area contributed by atoms with Crippen LogP contribution in [0.5, 0.6) is 11.5 Å². The number of carbonyl (C=O) groups is 2. The summed E-state index contributed by atoms with van der Waals surface area (Å²) in [5, 5.41) is 9.34. The van der Waals surface area contributed by atoms with Gasteiger partial charge in [0, 0.05) is 45.9 Å². The Balaban J connectivity index is 0.000000158. The molecule has 2 aliphatic heterocycles. The van der Waals surface area contributed by atoms with Crippen molar-refractivity contribution in [1.82, 2.24) is 9.97 Å². The zero-order chi connectivity index (χ0) is 27.8. The van der Waals surface area contributed by atoms with Crippen LogP contribution in [0.1, 0.15) is 29.4 Å². The van der Waals surface area contributed by atoms with Crippen molar-refractivity contribution in [3.8, 4) is 34.0 Å². The van der Waals surface area contributed by atoms with Crippen LogP contribution in [0.25, 0.3) is 22.5 Å². The third kappa shape index (κ3) is 5.55. The molecule has 2 aliphatic rings. The summed E-state index contributed by atoms with van der Waals surface area (Å²) in [5.74, 6) is -1.51. The summed E-state index contributed by atoms with van der Waals surface area (Å²) in [6.07, 6.45) is 1.19. The first-order chi connectivity index (χ1) is 18.7. The normalized spacial score (nSPS) is 13.1. The monoisotopic (exact) mass is 700 g/mol. The van der Waals surface area contributed by atoms with Gasteiger partial charge in [0.15, 0.2) is 0 Å². The van der Waals surface area contributed by atoms with Gasteiger partial charge in [-0.15, -0.1) is 22.7 Å². The quantitative estimate of drug-likeness (QED) is 0.228. The van der Waals surface area contributed by atoms with Crippen molar-refractivity contribution in [2.24, 2.45) is 0 Å². The summed E-state index contributed by atoms with van der Waals surface area (Å²) < 4.78 is 43.4. The van der Waals surface area contributed by atoms with Crippen LogP contribution in [0.2, 0.25) is 0 Å². The Bertz CT molecular complexity index is 1620. The fourth-order valence-corrected chi connectivity index (χ4v) is 6.46. The summed E-state index contributed by atoms with van der Waals surface area (Å²) in [6, 6.07) is 5.80. The summed E-state index contributed by atoms with van der Waals surface area (Å²) in [4.78, 5) is 32.8. The molecule has 8 nitrogen and oxygen atoms in total. The topological polar surface area (TPSA) is 108 Å². The van der Waals surface area contributed by atoms with E-state index < -0.39 is 23.6 Å². The number of carboxylic acids is 1. The molecule has 0 unspecified atom stereocenters. The molecule has 14 heteroatoms. The van der Waals surface area contributed by atoms with E-state index in [2.05, 4.69) is 46.6 Å². The largest absolute Gasteiger partial charge is 0.492 e. The van der Waals surface area contributed by atoms with E-state index in [1.165, 1.54) is 30.6 Å². The molecule has 0 bridgehead atoms. The van der Waals surface area contributed by atoms with E-state index in [4.69, 9.17) is 14.6 Å². The molecular formula is C25H16Br2F2N2O6S2. The van der Waals surface area contributed by atoms with Crippen LogP contribution in [0.3, 0.4) is 0 Å². The number of aromatic carboxylic acids is 1. The number of fused-ring (bicyclic) bond motifs is 6. The lowest BCUT2D eigenvalue weighted by atomic mass is 10.1. The van der Waals surface area contributed by atoms with Crippen LogP contribution in [0.15, 0.2) is 33.2 Å². The maximum Gasteiger partial charge on any atom is 0.367 e. The Morgan fingerprint density at radius 3 is 1.79 bits per heavy atom. The van der Waals surface area contributed by atoms with Crippen molar-refractivity contribution in [2.45, 2.75) is 12.8 Å². The van der Waals surface area contributed by atoms with Gasteiger partial charge in [-0.05, 0) is 44.0 Å². The second-order valence-corrected chi connectivity index (χ2v) is 12.0. The van der Waals surface area contributed by atoms with Crippen molar-refractivity contribution in [3.05, 3.63) is 64.6 Å². The Hall–Kier alpha value is -2.94. The van der Waals surface area contributed by atoms with Gasteiger partial charge in [0.05, 0.1) is 40.7 Å². The maximum absolute atomic E-state index is 13.6. The fourth-order valence-electron chi connectivity index (χ4n) is 3.90. The first kappa shape index (κ1) is 27.6. The molecule has 0 saturated heterocycles. The van der Waals surface area contributed by atoms with E-state index in [1.54, 1.807) is 12.1 Å². The highest BCUT2D eigenvalue weighted by Gasteiger charge is 2.25. The fraction of sp³-hybridized carbons (Fsp3) is 0.200. The molecule has 4 aromatic rings. The smallest absolute Gasteiger partial charge is 0.367 e. The van der Waals surface area contributed by atoms with Crippen LogP contribution < -0.4 is 9.47 Å². The minimum atomic E-state index is -1.05. The number of benzene rings is 2. The standard InChI is InChI=1S/C13H9BrFNO3S.C12H7BrFNO3S/c1-18-13(17)12-16-11-6-4-7(14)8(15)5-9(6)19-3-2-10(11)20-12;13-6-3-5-8(4-7(6)14)18-2-1-9-10(5)15-11(19-9)12(16)17/h4-5H,2-3H2,1H3;3-4H,1-2H2,(H,16,17). The van der Waals surface area contributed by atoms with Crippen molar-refractivity contribution in [3.63, 3.8) is 0 Å². The van der Waals surface area contributed by atoms with E-state index in [0.717, 1.165) is 21.1 Å². The highest BCUT2D eigenvalue weighted by atomic mass is 79.9. The second-order valence-electron chi connectivity index (χ2n) is 8.10. The molecule has 0 amide bonds. The number of nitrogens with zero attached hydrogens (tertiary/aromatic N) is 2. The van der Waals surface area contributed by atoms with Gasteiger partial charge in [0.1, 0.15) is 23.1 Å². The van der Waals surface area contributed by atoms with Gasteiger partial charge in [0.2, 0.25) is 10.0 Å². The molecule has 6 rings (SSSR count). The van der Waals surface area contributed by atoms with E-state index in [0.29, 0.717) is 74.0 Å². The summed E-state index contributed by atoms with van der Waals surface area (Å²) in [6.45, 7) is 0.798. The van der Waals surface area contributed by atoms with E-state index in [1.807, 2.05) is 0 Å². The molecule has 0 fully saturated rings. The number of carboxylic acid groups (broad SMARTS) is 1. The highest BCUT2D eigenvalue weighted by Crippen LogP contribution is 2.41. The summed E-state index contributed by atoms with van der Waals surface area (Å²) >= 11 is 8.68. The van der Waals surface area contributed by atoms with Crippen LogP contribution in [-0.4, -0.2) is 47.3 Å². The Labute approximate surface area is 244 Å². The second kappa shape index (κ2) is 11.3. The summed E-state index contributed by atoms with van der Waals surface area (Å²) in [7, 11) is 1.32. The molecule has 0 aliphatic carbocycles. The molecule has 39 heavy (non-hydrogen) atoms. The lowest BCUT2D eigenvalue weighted by Crippen LogP contribution is -2.01. The number of halogens is 4. The number of thiazole rings is 2. The average molecular weight is 702 g/mol. The lowest BCUT2D eigenvalue weighted by molar-refractivity contribution is 0.0599. The molecule has 1 N–H and O–H groups in total. The number of rotatable bonds is 2. The van der Waals surface area contributed by atoms with Crippen LogP contribution in [-0.2, 0) is 17.6 Å². The number of esters is 1. The third-order valence-electron chi connectivity index (χ3n) is 5.67. The third-order valence-corrected chi connectivity index (χ3v) is 9.08. The van der Waals surface area contributed by atoms with Gasteiger partial charge >= 0.3 is 11.9 Å². The molecule has 0 saturated carbocycles. The van der Waals surface area contributed by atoms with Crippen molar-refractivity contribution < 1.29 is 37.7 Å². The SMILES string of the molecule is COC(=O)c1nc2c(s1)CCOc1cc(F)c(Br)cc1-2.O=C(O)c1nc2c(s1)CCOc1cc(F)c(Br)cc1-2. The van der Waals surface area contributed by atoms with Crippen LogP contribution in [0, 0.1) is 11.6 Å². The minimum Gasteiger partial charge on any atom is -0.492 e. The maximum atomic E-state index is 13.6. The first-order valence-electron chi connectivity index (χ1n) is 11.2. The first-order valence-corrected chi connectivity index (χ1v) is 14.4. The van der Waals surface area contributed by atoms with Gasteiger partial charge in [-0.3, -0.25) is 0 Å². The van der Waals surface area contributed by atoms with Crippen LogP contribution in [0.4, 0.5) is 8.78 Å². The van der Waals surface area contributed by atoms with Gasteiger partial charge in [-0.2, -0.15) is 0 Å². The van der Waals surface area contributed by atoms with E-state index in [9.17, 15) is 18.4 Å². The zero-order valence-corrected chi connectivity index (χ0v) is 24.7. The molecule has 4 heterocycles. The summed E-state index contributed by atoms with van der Waals surface area (Å²) in [5.41, 5.74) is 2.51. The van der Waals surface area contributed by atoms with Gasteiger partial charge in [-0.25, -0.2) is 28.3 Å². The molecule has 202 valence electrons. The number of hydrogen-bond donors (Lipinski definition) is 1. The molecular weight excluding hydrogens is 686 g/mol. The van der Waals surface area contributed by atoms with Crippen molar-refractivity contribution >= 4 is 66.5 Å². The van der Waals surface area contributed by atoms with E-state index >= 15 is 0 Å². The van der Waals surface area contributed by atoms with Crippen molar-refractivity contribution in [1.29, 1.82) is 0 Å². The molecule has 0 radical (unpaired) electrons.